The van der Waals surface area contributed by atoms with Crippen molar-refractivity contribution in [2.75, 3.05) is 19.8 Å². The zero-order valence-corrected chi connectivity index (χ0v) is 17.5. The number of aliphatic hydroxyl groups is 1. The Balaban J connectivity index is 1.31. The van der Waals surface area contributed by atoms with Crippen molar-refractivity contribution >= 4 is 11.2 Å². The highest BCUT2D eigenvalue weighted by molar-refractivity contribution is 5.73. The summed E-state index contributed by atoms with van der Waals surface area (Å²) in [5.41, 5.74) is -0.835. The Morgan fingerprint density at radius 3 is 2.82 bits per heavy atom. The van der Waals surface area contributed by atoms with Gasteiger partial charge >= 0.3 is 6.18 Å². The number of H-pyrrole nitrogens is 1. The third kappa shape index (κ3) is 3.56. The molecule has 12 heteroatoms. The molecule has 0 bridgehead atoms. The highest BCUT2D eigenvalue weighted by Crippen LogP contribution is 2.41. The molecule has 0 amide bonds. The maximum Gasteiger partial charge on any atom is 0.418 e. The van der Waals surface area contributed by atoms with Crippen LogP contribution in [0.25, 0.3) is 11.2 Å². The van der Waals surface area contributed by atoms with E-state index in [0.717, 1.165) is 6.07 Å². The monoisotopic (exact) mass is 481 g/mol. The molecule has 0 radical (unpaired) electrons. The molecule has 0 unspecified atom stereocenters. The first-order valence-corrected chi connectivity index (χ1v) is 10.7. The van der Waals surface area contributed by atoms with Crippen molar-refractivity contribution in [3.8, 4) is 11.8 Å². The second-order valence-electron chi connectivity index (χ2n) is 8.60. The first-order chi connectivity index (χ1) is 16.3. The number of nitrogens with one attached hydrogen (secondary N) is 1. The topological polar surface area (TPSA) is 98.7 Å². The lowest BCUT2D eigenvalue weighted by Crippen LogP contribution is -2.30. The minimum absolute atomic E-state index is 0.0102. The summed E-state index contributed by atoms with van der Waals surface area (Å²) in [5, 5.41) is 9.76. The molecule has 2 fully saturated rings. The number of hydrogen-bond donors (Lipinski definition) is 2. The van der Waals surface area contributed by atoms with Crippen molar-refractivity contribution in [2.45, 2.75) is 37.0 Å². The van der Waals surface area contributed by atoms with Gasteiger partial charge in [0, 0.05) is 17.9 Å². The Hall–Kier alpha value is -2.96. The summed E-state index contributed by atoms with van der Waals surface area (Å²) in [4.78, 5) is 11.1. The smallest absolute Gasteiger partial charge is 0.418 e. The van der Waals surface area contributed by atoms with Gasteiger partial charge in [-0.25, -0.2) is 9.37 Å². The lowest BCUT2D eigenvalue weighted by Gasteiger charge is -2.15. The Morgan fingerprint density at radius 1 is 1.15 bits per heavy atom. The van der Waals surface area contributed by atoms with Crippen molar-refractivity contribution in [3.05, 3.63) is 46.9 Å². The number of rotatable bonds is 4. The number of aromatic amines is 1. The first kappa shape index (κ1) is 21.6. The fraction of sp³-hybridized carbons (Fsp3) is 0.455. The Kier molecular flexibility index (Phi) is 4.94. The second kappa shape index (κ2) is 7.79. The lowest BCUT2D eigenvalue weighted by molar-refractivity contribution is -0.138. The van der Waals surface area contributed by atoms with E-state index in [1.807, 2.05) is 0 Å². The first-order valence-electron chi connectivity index (χ1n) is 10.7. The van der Waals surface area contributed by atoms with E-state index in [1.165, 1.54) is 12.1 Å². The molecule has 8 nitrogen and oxygen atoms in total. The standard InChI is InChI=1S/C22H19F4N3O5/c23-12-2-1-3-15-17(12)9(6-31-15)4-13-11(22(24,25)26)5-14-19(27-13)29-21(28-14)34-16-8-32-18-10(16)7-33-20(18)30/h1-3,5,9-10,16,18,20,30H,4,6-8H2,(H,27,28,29)/t9-,10-,16-,18+,20-/m1/s1. The summed E-state index contributed by atoms with van der Waals surface area (Å²) in [6.45, 7) is 0.477. The summed E-state index contributed by atoms with van der Waals surface area (Å²) in [6, 6.07) is 5.26. The Labute approximate surface area is 189 Å². The molecular weight excluding hydrogens is 462 g/mol. The molecule has 5 heterocycles. The van der Waals surface area contributed by atoms with Gasteiger partial charge < -0.3 is 29.0 Å². The van der Waals surface area contributed by atoms with Crippen LogP contribution in [0, 0.1) is 11.7 Å². The fourth-order valence-electron chi connectivity index (χ4n) is 4.85. The minimum atomic E-state index is -4.68. The van der Waals surface area contributed by atoms with Crippen LogP contribution in [0.4, 0.5) is 17.6 Å². The SMILES string of the molecule is O[C@@H]1OC[C@H]2[C@@H]1OC[C@H]2Oc1nc2nc(C[C@@H]3COc4cccc(F)c43)c(C(F)(F)F)cc2[nH]1. The maximum absolute atomic E-state index is 14.4. The number of hydrogen-bond acceptors (Lipinski definition) is 7. The van der Waals surface area contributed by atoms with E-state index in [9.17, 15) is 22.7 Å². The summed E-state index contributed by atoms with van der Waals surface area (Å²) in [6.07, 6.45) is -6.89. The molecule has 3 aliphatic rings. The molecule has 2 saturated heterocycles. The maximum atomic E-state index is 14.4. The van der Waals surface area contributed by atoms with Crippen molar-refractivity contribution < 1.29 is 41.6 Å². The molecule has 0 saturated carbocycles. The van der Waals surface area contributed by atoms with Crippen LogP contribution in [0.2, 0.25) is 0 Å². The summed E-state index contributed by atoms with van der Waals surface area (Å²) in [5.74, 6) is -1.04. The predicted molar refractivity (Wildman–Crippen MR) is 107 cm³/mol. The van der Waals surface area contributed by atoms with Crippen molar-refractivity contribution in [1.82, 2.24) is 15.0 Å². The Bertz CT molecular complexity index is 1250. The van der Waals surface area contributed by atoms with Gasteiger partial charge in [0.05, 0.1) is 42.5 Å². The summed E-state index contributed by atoms with van der Waals surface area (Å²) in [7, 11) is 0. The van der Waals surface area contributed by atoms with Crippen LogP contribution in [0.1, 0.15) is 22.7 Å². The molecule has 180 valence electrons. The molecule has 3 aliphatic heterocycles. The van der Waals surface area contributed by atoms with Crippen molar-refractivity contribution in [1.29, 1.82) is 0 Å². The van der Waals surface area contributed by atoms with Gasteiger partial charge in [0.2, 0.25) is 0 Å². The zero-order chi connectivity index (χ0) is 23.6. The van der Waals surface area contributed by atoms with Crippen LogP contribution in [0.5, 0.6) is 11.8 Å². The number of benzene rings is 1. The number of ether oxygens (including phenoxy) is 4. The van der Waals surface area contributed by atoms with Crippen molar-refractivity contribution in [3.63, 3.8) is 0 Å². The number of aliphatic hydroxyl groups excluding tert-OH is 1. The quantitative estimate of drug-likeness (QED) is 0.553. The average Bonchev–Trinajstić information content (AvgIpc) is 3.54. The third-order valence-corrected chi connectivity index (χ3v) is 6.49. The van der Waals surface area contributed by atoms with Crippen LogP contribution in [-0.2, 0) is 22.1 Å². The van der Waals surface area contributed by atoms with E-state index >= 15 is 0 Å². The molecule has 2 aromatic heterocycles. The molecule has 5 atom stereocenters. The number of pyridine rings is 1. The number of nitrogens with zero attached hydrogens (tertiary/aromatic N) is 2. The molecule has 0 spiro atoms. The normalized spacial score (nSPS) is 28.2. The number of alkyl halides is 3. The third-order valence-electron chi connectivity index (χ3n) is 6.49. The van der Waals surface area contributed by atoms with Gasteiger partial charge in [-0.2, -0.15) is 18.2 Å². The van der Waals surface area contributed by atoms with Gasteiger partial charge in [0.25, 0.3) is 6.01 Å². The number of fused-ring (bicyclic) bond motifs is 3. The average molecular weight is 481 g/mol. The molecule has 3 aromatic rings. The molecule has 6 rings (SSSR count). The van der Waals surface area contributed by atoms with Crippen LogP contribution in [0.15, 0.2) is 24.3 Å². The fourth-order valence-corrected chi connectivity index (χ4v) is 4.85. The second-order valence-corrected chi connectivity index (χ2v) is 8.60. The number of aromatic nitrogens is 3. The number of halogens is 4. The lowest BCUT2D eigenvalue weighted by atomic mass is 9.93. The highest BCUT2D eigenvalue weighted by Gasteiger charge is 2.48. The van der Waals surface area contributed by atoms with E-state index in [2.05, 4.69) is 15.0 Å². The van der Waals surface area contributed by atoms with Gasteiger partial charge in [-0.1, -0.05) is 6.07 Å². The largest absolute Gasteiger partial charge is 0.493 e. The minimum Gasteiger partial charge on any atom is -0.493 e. The van der Waals surface area contributed by atoms with Gasteiger partial charge in [-0.3, -0.25) is 0 Å². The molecular formula is C22H19F4N3O5. The zero-order valence-electron chi connectivity index (χ0n) is 17.5. The van der Waals surface area contributed by atoms with Crippen LogP contribution >= 0.6 is 0 Å². The van der Waals surface area contributed by atoms with Crippen LogP contribution in [-0.4, -0.2) is 58.4 Å². The molecule has 2 N–H and O–H groups in total. The van der Waals surface area contributed by atoms with Crippen LogP contribution in [0.3, 0.4) is 0 Å². The van der Waals surface area contributed by atoms with Gasteiger partial charge in [0.15, 0.2) is 11.9 Å². The predicted octanol–water partition coefficient (Wildman–Crippen LogP) is 2.95. The van der Waals surface area contributed by atoms with E-state index in [0.29, 0.717) is 5.75 Å². The van der Waals surface area contributed by atoms with E-state index in [-0.39, 0.29) is 60.6 Å². The van der Waals surface area contributed by atoms with E-state index in [4.69, 9.17) is 18.9 Å². The molecule has 1 aromatic carbocycles. The van der Waals surface area contributed by atoms with Crippen molar-refractivity contribution in [2.24, 2.45) is 5.92 Å². The van der Waals surface area contributed by atoms with E-state index < -0.39 is 42.0 Å². The van der Waals surface area contributed by atoms with Gasteiger partial charge in [0.1, 0.15) is 23.8 Å². The molecule has 34 heavy (non-hydrogen) atoms. The highest BCUT2D eigenvalue weighted by atomic mass is 19.4. The Morgan fingerprint density at radius 2 is 2.00 bits per heavy atom. The number of imidazole rings is 1. The summed E-state index contributed by atoms with van der Waals surface area (Å²) >= 11 is 0. The van der Waals surface area contributed by atoms with Gasteiger partial charge in [-0.05, 0) is 18.2 Å². The van der Waals surface area contributed by atoms with E-state index in [1.54, 1.807) is 6.07 Å². The van der Waals surface area contributed by atoms with Crippen LogP contribution < -0.4 is 9.47 Å². The van der Waals surface area contributed by atoms with Gasteiger partial charge in [-0.15, -0.1) is 0 Å². The summed E-state index contributed by atoms with van der Waals surface area (Å²) < 4.78 is 77.9. The molecule has 0 aliphatic carbocycles.